The molecule has 1 aromatic carbocycles. The summed E-state index contributed by atoms with van der Waals surface area (Å²) < 4.78 is 0. The fourth-order valence-corrected chi connectivity index (χ4v) is 1.76. The third-order valence-electron chi connectivity index (χ3n) is 3.03. The predicted molar refractivity (Wildman–Crippen MR) is 62.3 cm³/mol. The minimum atomic E-state index is 0.0468. The Balaban J connectivity index is 2.01. The average Bonchev–Trinajstić information content (AvgIpc) is 3.12. The monoisotopic (exact) mass is 217 g/mol. The molecule has 0 aliphatic heterocycles. The highest BCUT2D eigenvalue weighted by Crippen LogP contribution is 2.37. The molecule has 1 atom stereocenters. The van der Waals surface area contributed by atoms with E-state index in [-0.39, 0.29) is 11.8 Å². The molecular formula is C13H15NO2. The second-order valence-electron chi connectivity index (χ2n) is 4.36. The molecule has 1 fully saturated rings. The largest absolute Gasteiger partial charge is 0.326 e. The first-order chi connectivity index (χ1) is 7.70. The summed E-state index contributed by atoms with van der Waals surface area (Å²) in [7, 11) is 0. The number of hydrogen-bond acceptors (Lipinski definition) is 2. The first-order valence-corrected chi connectivity index (χ1v) is 5.57. The van der Waals surface area contributed by atoms with Crippen LogP contribution in [-0.4, -0.2) is 12.2 Å². The Morgan fingerprint density at radius 2 is 2.25 bits per heavy atom. The standard InChI is InChI=1S/C13H15NO2/c1-9(11-5-6-11)13(16)14-12-4-2-3-10(7-12)8-15/h2-4,7-9,11H,5-6H2,1H3,(H,14,16). The van der Waals surface area contributed by atoms with Crippen LogP contribution >= 0.6 is 0 Å². The number of rotatable bonds is 4. The highest BCUT2D eigenvalue weighted by atomic mass is 16.1. The molecule has 2 rings (SSSR count). The van der Waals surface area contributed by atoms with Gasteiger partial charge in [0.25, 0.3) is 0 Å². The zero-order valence-corrected chi connectivity index (χ0v) is 9.27. The summed E-state index contributed by atoms with van der Waals surface area (Å²) in [5.41, 5.74) is 1.28. The Hall–Kier alpha value is -1.64. The summed E-state index contributed by atoms with van der Waals surface area (Å²) in [5, 5.41) is 2.84. The summed E-state index contributed by atoms with van der Waals surface area (Å²) in [4.78, 5) is 22.4. The zero-order valence-electron chi connectivity index (χ0n) is 9.27. The molecule has 3 heteroatoms. The van der Waals surface area contributed by atoms with Crippen LogP contribution in [0, 0.1) is 11.8 Å². The van der Waals surface area contributed by atoms with E-state index in [1.807, 2.05) is 6.92 Å². The molecule has 84 valence electrons. The molecule has 3 nitrogen and oxygen atoms in total. The van der Waals surface area contributed by atoms with E-state index >= 15 is 0 Å². The molecule has 1 aromatic rings. The fraction of sp³-hybridized carbons (Fsp3) is 0.385. The van der Waals surface area contributed by atoms with Crippen LogP contribution in [0.5, 0.6) is 0 Å². The lowest BCUT2D eigenvalue weighted by Crippen LogP contribution is -2.21. The van der Waals surface area contributed by atoms with E-state index < -0.39 is 0 Å². The number of benzene rings is 1. The van der Waals surface area contributed by atoms with Gasteiger partial charge in [0.15, 0.2) is 0 Å². The summed E-state index contributed by atoms with van der Waals surface area (Å²) in [5.74, 6) is 0.666. The molecule has 16 heavy (non-hydrogen) atoms. The Morgan fingerprint density at radius 3 is 2.88 bits per heavy atom. The van der Waals surface area contributed by atoms with Crippen molar-refractivity contribution in [1.29, 1.82) is 0 Å². The molecule has 1 saturated carbocycles. The van der Waals surface area contributed by atoms with E-state index in [1.54, 1.807) is 24.3 Å². The SMILES string of the molecule is CC(C(=O)Nc1cccc(C=O)c1)C1CC1. The van der Waals surface area contributed by atoms with Crippen molar-refractivity contribution in [2.75, 3.05) is 5.32 Å². The zero-order chi connectivity index (χ0) is 11.5. The van der Waals surface area contributed by atoms with Gasteiger partial charge >= 0.3 is 0 Å². The van der Waals surface area contributed by atoms with Gasteiger partial charge in [0.2, 0.25) is 5.91 Å². The van der Waals surface area contributed by atoms with E-state index in [9.17, 15) is 9.59 Å². The van der Waals surface area contributed by atoms with Crippen molar-refractivity contribution in [2.24, 2.45) is 11.8 Å². The van der Waals surface area contributed by atoms with Gasteiger partial charge in [0, 0.05) is 17.2 Å². The quantitative estimate of drug-likeness (QED) is 0.787. The van der Waals surface area contributed by atoms with Gasteiger partial charge in [-0.1, -0.05) is 19.1 Å². The van der Waals surface area contributed by atoms with Gasteiger partial charge in [-0.05, 0) is 30.9 Å². The Morgan fingerprint density at radius 1 is 1.50 bits per heavy atom. The number of carbonyl (C=O) groups is 2. The number of nitrogens with one attached hydrogen (secondary N) is 1. The summed E-state index contributed by atoms with van der Waals surface area (Å²) in [6, 6.07) is 6.96. The smallest absolute Gasteiger partial charge is 0.227 e. The molecule has 1 aliphatic carbocycles. The maximum absolute atomic E-state index is 11.8. The van der Waals surface area contributed by atoms with E-state index in [1.165, 1.54) is 0 Å². The van der Waals surface area contributed by atoms with Crippen molar-refractivity contribution in [1.82, 2.24) is 0 Å². The summed E-state index contributed by atoms with van der Waals surface area (Å²) >= 11 is 0. The third kappa shape index (κ3) is 2.48. The number of hydrogen-bond donors (Lipinski definition) is 1. The molecule has 1 N–H and O–H groups in total. The maximum Gasteiger partial charge on any atom is 0.227 e. The molecule has 1 amide bonds. The molecular weight excluding hydrogens is 202 g/mol. The first kappa shape index (κ1) is 10.9. The number of amides is 1. The van der Waals surface area contributed by atoms with Gasteiger partial charge < -0.3 is 5.32 Å². The van der Waals surface area contributed by atoms with Crippen molar-refractivity contribution >= 4 is 17.9 Å². The molecule has 0 bridgehead atoms. The van der Waals surface area contributed by atoms with Gasteiger partial charge in [-0.3, -0.25) is 9.59 Å². The first-order valence-electron chi connectivity index (χ1n) is 5.57. The van der Waals surface area contributed by atoms with E-state index in [2.05, 4.69) is 5.32 Å². The van der Waals surface area contributed by atoms with Gasteiger partial charge in [-0.2, -0.15) is 0 Å². The molecule has 1 unspecified atom stereocenters. The fourth-order valence-electron chi connectivity index (χ4n) is 1.76. The lowest BCUT2D eigenvalue weighted by atomic mass is 10.1. The van der Waals surface area contributed by atoms with Crippen LogP contribution in [0.15, 0.2) is 24.3 Å². The van der Waals surface area contributed by atoms with Gasteiger partial charge in [-0.25, -0.2) is 0 Å². The van der Waals surface area contributed by atoms with E-state index in [4.69, 9.17) is 0 Å². The lowest BCUT2D eigenvalue weighted by molar-refractivity contribution is -0.119. The molecule has 0 radical (unpaired) electrons. The van der Waals surface area contributed by atoms with E-state index in [0.717, 1.165) is 19.1 Å². The Bertz CT molecular complexity index is 410. The van der Waals surface area contributed by atoms with Crippen LogP contribution in [-0.2, 0) is 4.79 Å². The van der Waals surface area contributed by atoms with Crippen LogP contribution < -0.4 is 5.32 Å². The number of carbonyl (C=O) groups excluding carboxylic acids is 2. The third-order valence-corrected chi connectivity index (χ3v) is 3.03. The number of anilines is 1. The van der Waals surface area contributed by atoms with Crippen molar-refractivity contribution < 1.29 is 9.59 Å². The van der Waals surface area contributed by atoms with Crippen LogP contribution in [0.2, 0.25) is 0 Å². The van der Waals surface area contributed by atoms with Crippen molar-refractivity contribution in [2.45, 2.75) is 19.8 Å². The minimum Gasteiger partial charge on any atom is -0.326 e. The van der Waals surface area contributed by atoms with Crippen LogP contribution in [0.4, 0.5) is 5.69 Å². The van der Waals surface area contributed by atoms with Gasteiger partial charge in [-0.15, -0.1) is 0 Å². The highest BCUT2D eigenvalue weighted by molar-refractivity contribution is 5.93. The Labute approximate surface area is 94.9 Å². The van der Waals surface area contributed by atoms with Crippen molar-refractivity contribution in [3.8, 4) is 0 Å². The minimum absolute atomic E-state index is 0.0468. The van der Waals surface area contributed by atoms with E-state index in [0.29, 0.717) is 17.2 Å². The molecule has 0 aromatic heterocycles. The van der Waals surface area contributed by atoms with Crippen molar-refractivity contribution in [3.63, 3.8) is 0 Å². The topological polar surface area (TPSA) is 46.2 Å². The van der Waals surface area contributed by atoms with Gasteiger partial charge in [0.1, 0.15) is 6.29 Å². The Kier molecular flexibility index (Phi) is 3.04. The maximum atomic E-state index is 11.8. The lowest BCUT2D eigenvalue weighted by Gasteiger charge is -2.11. The summed E-state index contributed by atoms with van der Waals surface area (Å²) in [6.45, 7) is 1.95. The second-order valence-corrected chi connectivity index (χ2v) is 4.36. The van der Waals surface area contributed by atoms with Crippen LogP contribution in [0.25, 0.3) is 0 Å². The molecule has 1 aliphatic rings. The molecule has 0 saturated heterocycles. The van der Waals surface area contributed by atoms with Crippen LogP contribution in [0.3, 0.4) is 0 Å². The highest BCUT2D eigenvalue weighted by Gasteiger charge is 2.32. The van der Waals surface area contributed by atoms with Gasteiger partial charge in [0.05, 0.1) is 0 Å². The molecule has 0 spiro atoms. The molecule has 0 heterocycles. The second kappa shape index (κ2) is 4.47. The summed E-state index contributed by atoms with van der Waals surface area (Å²) in [6.07, 6.45) is 3.09. The normalized spacial score (nSPS) is 16.6. The van der Waals surface area contributed by atoms with Crippen LogP contribution in [0.1, 0.15) is 30.1 Å². The number of aldehydes is 1. The average molecular weight is 217 g/mol. The van der Waals surface area contributed by atoms with Crippen molar-refractivity contribution in [3.05, 3.63) is 29.8 Å². The predicted octanol–water partition coefficient (Wildman–Crippen LogP) is 2.48.